The minimum absolute atomic E-state index is 0.0263. The molecule has 1 amide bonds. The normalized spacial score (nSPS) is 19.6. The fourth-order valence-electron chi connectivity index (χ4n) is 10.3. The van der Waals surface area contributed by atoms with Crippen molar-refractivity contribution in [2.24, 2.45) is 17.3 Å². The number of ether oxygens (including phenoxy) is 4. The average Bonchev–Trinajstić information content (AvgIpc) is 3.36. The van der Waals surface area contributed by atoms with Gasteiger partial charge in [-0.15, -0.1) is 12.1 Å². The fourth-order valence-corrected chi connectivity index (χ4v) is 15.5. The number of fused-ring (bicyclic) bond motifs is 2. The maximum atomic E-state index is 18.0. The lowest BCUT2D eigenvalue weighted by Crippen LogP contribution is -2.49. The summed E-state index contributed by atoms with van der Waals surface area (Å²) in [4.78, 5) is 28.5. The van der Waals surface area contributed by atoms with Crippen molar-refractivity contribution in [3.8, 4) is 34.5 Å². The van der Waals surface area contributed by atoms with Crippen LogP contribution in [0.15, 0.2) is 43.1 Å². The molecule has 2 aliphatic rings. The monoisotopic (exact) mass is 898 g/mol. The van der Waals surface area contributed by atoms with Gasteiger partial charge in [-0.05, 0) is 111 Å². The molecule has 2 aromatic carbocycles. The number of hydrogen-bond donors (Lipinski definition) is 0. The molecule has 13 heteroatoms. The number of halogens is 2. The van der Waals surface area contributed by atoms with Gasteiger partial charge in [-0.25, -0.2) is 18.6 Å². The van der Waals surface area contributed by atoms with Gasteiger partial charge in [0.05, 0.1) is 17.6 Å². The number of nitrogens with zero attached hydrogens (tertiary/aromatic N) is 5. The molecule has 4 aromatic rings. The molecule has 0 N–H and O–H groups in total. The molecule has 1 aliphatic carbocycles. The van der Waals surface area contributed by atoms with Gasteiger partial charge < -0.3 is 18.9 Å². The summed E-state index contributed by atoms with van der Waals surface area (Å²) in [7, 11) is -0.810. The highest BCUT2D eigenvalue weighted by atomic mass is 28.3. The molecule has 3 unspecified atom stereocenters. The van der Waals surface area contributed by atoms with Gasteiger partial charge in [-0.2, -0.15) is 9.97 Å². The molecule has 10 nitrogen and oxygen atoms in total. The Balaban J connectivity index is 1.62. The van der Waals surface area contributed by atoms with Crippen LogP contribution in [-0.4, -0.2) is 73.3 Å². The number of aromatic nitrogens is 3. The van der Waals surface area contributed by atoms with Crippen molar-refractivity contribution in [2.75, 3.05) is 38.6 Å². The summed E-state index contributed by atoms with van der Waals surface area (Å²) in [5.74, 6) is 3.41. The third kappa shape index (κ3) is 9.74. The summed E-state index contributed by atoms with van der Waals surface area (Å²) in [6.45, 7) is 28.2. The van der Waals surface area contributed by atoms with Crippen LogP contribution in [0.5, 0.6) is 11.8 Å². The van der Waals surface area contributed by atoms with E-state index in [0.29, 0.717) is 64.7 Å². The molecule has 0 radical (unpaired) electrons. The van der Waals surface area contributed by atoms with E-state index in [9.17, 15) is 4.79 Å². The molecule has 346 valence electrons. The van der Waals surface area contributed by atoms with E-state index in [2.05, 4.69) is 73.4 Å². The molecule has 1 saturated heterocycles. The first-order valence-corrected chi connectivity index (χ1v) is 25.3. The van der Waals surface area contributed by atoms with Crippen molar-refractivity contribution in [3.63, 3.8) is 0 Å². The number of pyridine rings is 1. The minimum atomic E-state index is -2.33. The zero-order chi connectivity index (χ0) is 46.7. The third-order valence-corrected chi connectivity index (χ3v) is 20.2. The number of rotatable bonds is 13. The van der Waals surface area contributed by atoms with Gasteiger partial charge in [0.1, 0.15) is 36.5 Å². The first-order chi connectivity index (χ1) is 30.3. The number of anilines is 1. The van der Waals surface area contributed by atoms with Gasteiger partial charge in [0, 0.05) is 42.8 Å². The van der Waals surface area contributed by atoms with E-state index >= 15 is 8.78 Å². The Labute approximate surface area is 380 Å². The summed E-state index contributed by atoms with van der Waals surface area (Å²) in [5, 5.41) is 4.58. The van der Waals surface area contributed by atoms with Crippen molar-refractivity contribution < 1.29 is 32.5 Å². The highest BCUT2D eigenvalue weighted by molar-refractivity contribution is 6.90. The van der Waals surface area contributed by atoms with Gasteiger partial charge in [-0.3, -0.25) is 9.99 Å². The fraction of sp³-hybridized carbons (Fsp3) is 0.569. The SMILES string of the molecule is C=CCC1CCC(C)C1(C)COc1nc(N2CCCCCN2C(=O)OC(C)(C)C)c2cnc(-c3cc(OCOC)cc4ccc(F)c(C#C[Si](C(C)C)(C(C)C)C(C)C)c34)c(F)c2n1. The number of methoxy groups -OCH3 is 1. The van der Waals surface area contributed by atoms with Gasteiger partial charge in [0.15, 0.2) is 18.4 Å². The zero-order valence-electron chi connectivity index (χ0n) is 40.2. The standard InChI is InChI=1S/C51H69F2N5O5Si/c1-14-18-37-21-19-35(8)51(37,12)30-61-48-55-46-41(47(56-48)57-24-16-15-17-25-58(57)49(59)63-50(9,10)11)29-54-45(44(46)53)40-28-38(62-31-60-13)27-36-20-22-42(52)39(43(36)40)23-26-64(32(2)3,33(4)5)34(6)7/h14,20,22,27-29,32-35,37H,1,15-19,21,24-25,30-31H2,2-13H3. The Morgan fingerprint density at radius 3 is 2.38 bits per heavy atom. The number of carbonyl (C=O) groups is 1. The summed E-state index contributed by atoms with van der Waals surface area (Å²) in [6.07, 6.45) is 8.24. The molecule has 3 heterocycles. The predicted octanol–water partition coefficient (Wildman–Crippen LogP) is 12.8. The second kappa shape index (κ2) is 19.7. The van der Waals surface area contributed by atoms with Crippen molar-refractivity contribution >= 4 is 41.7 Å². The zero-order valence-corrected chi connectivity index (χ0v) is 41.2. The molecular formula is C51H69F2N5O5Si. The van der Waals surface area contributed by atoms with Gasteiger partial charge in [0.25, 0.3) is 0 Å². The number of allylic oxidation sites excluding steroid dienone is 1. The van der Waals surface area contributed by atoms with E-state index in [0.717, 1.165) is 38.5 Å². The van der Waals surface area contributed by atoms with E-state index < -0.39 is 31.4 Å². The van der Waals surface area contributed by atoms with Crippen LogP contribution < -0.4 is 14.5 Å². The van der Waals surface area contributed by atoms with Crippen molar-refractivity contribution in [1.29, 1.82) is 0 Å². The molecule has 2 aromatic heterocycles. The van der Waals surface area contributed by atoms with Crippen LogP contribution in [0, 0.1) is 40.3 Å². The maximum Gasteiger partial charge on any atom is 0.429 e. The summed E-state index contributed by atoms with van der Waals surface area (Å²) in [6, 6.07) is 6.46. The van der Waals surface area contributed by atoms with Crippen LogP contribution in [0.2, 0.25) is 16.6 Å². The van der Waals surface area contributed by atoms with Crippen LogP contribution in [0.25, 0.3) is 32.9 Å². The molecule has 2 fully saturated rings. The van der Waals surface area contributed by atoms with Gasteiger partial charge in [0.2, 0.25) is 0 Å². The van der Waals surface area contributed by atoms with E-state index in [4.69, 9.17) is 33.9 Å². The lowest BCUT2D eigenvalue weighted by Gasteiger charge is -2.38. The Kier molecular flexibility index (Phi) is 15.0. The lowest BCUT2D eigenvalue weighted by molar-refractivity contribution is 0.0231. The molecule has 1 saturated carbocycles. The summed E-state index contributed by atoms with van der Waals surface area (Å²) >= 11 is 0. The maximum absolute atomic E-state index is 18.0. The third-order valence-electron chi connectivity index (χ3n) is 13.9. The van der Waals surface area contributed by atoms with Crippen LogP contribution in [-0.2, 0) is 9.47 Å². The van der Waals surface area contributed by atoms with E-state index in [-0.39, 0.29) is 51.8 Å². The molecule has 1 aliphatic heterocycles. The van der Waals surface area contributed by atoms with Gasteiger partial charge >= 0.3 is 12.1 Å². The second-order valence-corrected chi connectivity index (χ2v) is 25.6. The van der Waals surface area contributed by atoms with Gasteiger partial charge in [-0.1, -0.05) is 73.5 Å². The Morgan fingerprint density at radius 1 is 1.02 bits per heavy atom. The van der Waals surface area contributed by atoms with Crippen molar-refractivity contribution in [1.82, 2.24) is 20.0 Å². The quantitative estimate of drug-likeness (QED) is 0.0562. The number of hydrazine groups is 1. The molecule has 6 rings (SSSR count). The summed E-state index contributed by atoms with van der Waals surface area (Å²) in [5.41, 5.74) is 3.94. The first-order valence-electron chi connectivity index (χ1n) is 23.1. The molecule has 3 atom stereocenters. The molecular weight excluding hydrogens is 829 g/mol. The number of hydrogen-bond acceptors (Lipinski definition) is 9. The summed E-state index contributed by atoms with van der Waals surface area (Å²) < 4.78 is 58.1. The van der Waals surface area contributed by atoms with E-state index in [1.54, 1.807) is 28.2 Å². The Hall–Kier alpha value is -4.80. The van der Waals surface area contributed by atoms with Crippen LogP contribution in [0.4, 0.5) is 19.4 Å². The van der Waals surface area contributed by atoms with E-state index in [1.165, 1.54) is 19.4 Å². The first kappa shape index (κ1) is 48.6. The number of carbonyl (C=O) groups excluding carboxylic acids is 1. The lowest BCUT2D eigenvalue weighted by atomic mass is 9.74. The molecule has 64 heavy (non-hydrogen) atoms. The van der Waals surface area contributed by atoms with Crippen LogP contribution in [0.3, 0.4) is 0 Å². The van der Waals surface area contributed by atoms with E-state index in [1.807, 2.05) is 26.8 Å². The number of amides is 1. The van der Waals surface area contributed by atoms with Crippen LogP contribution in [0.1, 0.15) is 120 Å². The highest BCUT2D eigenvalue weighted by Gasteiger charge is 2.45. The van der Waals surface area contributed by atoms with Crippen LogP contribution >= 0.6 is 0 Å². The van der Waals surface area contributed by atoms with Crippen molar-refractivity contribution in [3.05, 3.63) is 60.3 Å². The Bertz CT molecular complexity index is 2390. The van der Waals surface area contributed by atoms with Crippen molar-refractivity contribution in [2.45, 2.75) is 137 Å². The second-order valence-electron chi connectivity index (χ2n) is 20.0. The largest absolute Gasteiger partial charge is 0.468 e. The Morgan fingerprint density at radius 2 is 1.72 bits per heavy atom. The molecule has 0 spiro atoms. The molecule has 0 bridgehead atoms. The smallest absolute Gasteiger partial charge is 0.429 e. The number of benzene rings is 2. The average molecular weight is 898 g/mol. The minimum Gasteiger partial charge on any atom is -0.468 e. The predicted molar refractivity (Wildman–Crippen MR) is 255 cm³/mol. The topological polar surface area (TPSA) is 99.1 Å². The highest BCUT2D eigenvalue weighted by Crippen LogP contribution is 2.50.